The number of nitrogens with one attached hydrogen (secondary N) is 3. The molecule has 2 amide bonds. The Morgan fingerprint density at radius 2 is 1.41 bits per heavy atom. The van der Waals surface area contributed by atoms with Gasteiger partial charge < -0.3 is 25.0 Å². The number of methoxy groups -OCH3 is 2. The molecule has 0 fully saturated rings. The summed E-state index contributed by atoms with van der Waals surface area (Å²) in [5.74, 6) is -0.495. The van der Waals surface area contributed by atoms with Crippen LogP contribution in [0.3, 0.4) is 0 Å². The van der Waals surface area contributed by atoms with E-state index in [9.17, 15) is 14.4 Å². The largest absolute Gasteiger partial charge is 0.495 e. The van der Waals surface area contributed by atoms with Crippen molar-refractivity contribution >= 4 is 29.2 Å². The molecule has 0 radical (unpaired) electrons. The summed E-state index contributed by atoms with van der Waals surface area (Å²) in [7, 11) is 2.81. The summed E-state index contributed by atoms with van der Waals surface area (Å²) >= 11 is 0. The molecule has 29 heavy (non-hydrogen) atoms. The lowest BCUT2D eigenvalue weighted by Crippen LogP contribution is -3.13. The minimum Gasteiger partial charge on any atom is -0.495 e. The average molecular weight is 400 g/mol. The second kappa shape index (κ2) is 10.8. The molecule has 1 unspecified atom stereocenters. The lowest BCUT2D eigenvalue weighted by molar-refractivity contribution is -0.881. The van der Waals surface area contributed by atoms with Gasteiger partial charge in [0.2, 0.25) is 0 Å². The molecule has 0 aliphatic carbocycles. The lowest BCUT2D eigenvalue weighted by Gasteiger charge is -2.18. The maximum absolute atomic E-state index is 12.4. The molecule has 8 nitrogen and oxygen atoms in total. The van der Waals surface area contributed by atoms with Crippen LogP contribution in [0.1, 0.15) is 17.3 Å². The van der Waals surface area contributed by atoms with Crippen molar-refractivity contribution < 1.29 is 28.8 Å². The number of ether oxygens (including phenoxy) is 2. The van der Waals surface area contributed by atoms with E-state index in [0.717, 1.165) is 4.90 Å². The average Bonchev–Trinajstić information content (AvgIpc) is 2.73. The van der Waals surface area contributed by atoms with Crippen LogP contribution in [0.15, 0.2) is 48.5 Å². The van der Waals surface area contributed by atoms with Crippen LogP contribution in [-0.4, -0.2) is 51.6 Å². The van der Waals surface area contributed by atoms with Gasteiger partial charge in [0.05, 0.1) is 37.7 Å². The fraction of sp³-hybridized carbons (Fsp3) is 0.286. The van der Waals surface area contributed by atoms with E-state index in [2.05, 4.69) is 10.6 Å². The first kappa shape index (κ1) is 21.9. The minimum atomic E-state index is -0.531. The summed E-state index contributed by atoms with van der Waals surface area (Å²) in [6.07, 6.45) is 0. The molecule has 0 saturated heterocycles. The van der Waals surface area contributed by atoms with Gasteiger partial charge >= 0.3 is 5.97 Å². The molecule has 0 heterocycles. The van der Waals surface area contributed by atoms with Crippen LogP contribution in [0.2, 0.25) is 0 Å². The predicted molar refractivity (Wildman–Crippen MR) is 109 cm³/mol. The number of carbonyl (C=O) groups is 3. The zero-order valence-electron chi connectivity index (χ0n) is 16.8. The molecule has 0 spiro atoms. The first-order chi connectivity index (χ1) is 14.0. The molecule has 0 aliphatic rings. The Kier molecular flexibility index (Phi) is 8.17. The van der Waals surface area contributed by atoms with E-state index in [0.29, 0.717) is 23.7 Å². The molecule has 3 N–H and O–H groups in total. The monoisotopic (exact) mass is 400 g/mol. The van der Waals surface area contributed by atoms with Gasteiger partial charge in [-0.1, -0.05) is 24.3 Å². The van der Waals surface area contributed by atoms with Gasteiger partial charge in [-0.25, -0.2) is 4.79 Å². The topological polar surface area (TPSA) is 98.2 Å². The number of benzene rings is 2. The third kappa shape index (κ3) is 6.32. The van der Waals surface area contributed by atoms with Crippen molar-refractivity contribution in [3.05, 3.63) is 54.1 Å². The third-order valence-corrected chi connectivity index (χ3v) is 4.31. The quantitative estimate of drug-likeness (QED) is 0.545. The number of anilines is 2. The van der Waals surface area contributed by atoms with Crippen molar-refractivity contribution in [2.45, 2.75) is 6.92 Å². The van der Waals surface area contributed by atoms with Crippen molar-refractivity contribution in [1.82, 2.24) is 0 Å². The van der Waals surface area contributed by atoms with Gasteiger partial charge in [-0.2, -0.15) is 0 Å². The molecular formula is C21H26N3O5+. The first-order valence-corrected chi connectivity index (χ1v) is 9.22. The standard InChI is InChI=1S/C21H25N3O5/c1-4-24(14-20(26)23-17-11-7-8-12-18(17)28-2)13-19(25)22-16-10-6-5-9-15(16)21(27)29-3/h5-12H,4,13-14H2,1-3H3,(H,22,25)(H,23,26)/p+1. The Morgan fingerprint density at radius 1 is 0.862 bits per heavy atom. The summed E-state index contributed by atoms with van der Waals surface area (Å²) in [5, 5.41) is 5.52. The van der Waals surface area contributed by atoms with Gasteiger partial charge in [-0.3, -0.25) is 9.59 Å². The molecule has 2 rings (SSSR count). The minimum absolute atomic E-state index is 0.0748. The normalized spacial score (nSPS) is 11.3. The highest BCUT2D eigenvalue weighted by Crippen LogP contribution is 2.22. The fourth-order valence-electron chi connectivity index (χ4n) is 2.78. The highest BCUT2D eigenvalue weighted by atomic mass is 16.5. The van der Waals surface area contributed by atoms with Crippen molar-refractivity contribution in [2.75, 3.05) is 44.5 Å². The van der Waals surface area contributed by atoms with Crippen LogP contribution < -0.4 is 20.3 Å². The molecule has 0 bridgehead atoms. The number of amides is 2. The van der Waals surface area contributed by atoms with Gasteiger partial charge in [-0.05, 0) is 31.2 Å². The molecule has 2 aromatic rings. The van der Waals surface area contributed by atoms with Crippen LogP contribution in [0.25, 0.3) is 0 Å². The molecule has 0 aliphatic heterocycles. The molecule has 1 atom stereocenters. The Balaban J connectivity index is 1.96. The van der Waals surface area contributed by atoms with E-state index in [1.54, 1.807) is 42.5 Å². The van der Waals surface area contributed by atoms with Crippen molar-refractivity contribution in [2.24, 2.45) is 0 Å². The second-order valence-electron chi connectivity index (χ2n) is 6.29. The van der Waals surface area contributed by atoms with Crippen LogP contribution >= 0.6 is 0 Å². The number of quaternary nitrogens is 1. The highest BCUT2D eigenvalue weighted by molar-refractivity contribution is 6.01. The maximum Gasteiger partial charge on any atom is 0.339 e. The zero-order valence-corrected chi connectivity index (χ0v) is 16.8. The third-order valence-electron chi connectivity index (χ3n) is 4.31. The number of para-hydroxylation sites is 3. The predicted octanol–water partition coefficient (Wildman–Crippen LogP) is 0.964. The molecule has 154 valence electrons. The van der Waals surface area contributed by atoms with Gasteiger partial charge in [0.25, 0.3) is 11.8 Å². The van der Waals surface area contributed by atoms with E-state index in [1.807, 2.05) is 13.0 Å². The molecule has 8 heteroatoms. The lowest BCUT2D eigenvalue weighted by atomic mass is 10.2. The first-order valence-electron chi connectivity index (χ1n) is 9.22. The number of hydrogen-bond acceptors (Lipinski definition) is 5. The molecular weight excluding hydrogens is 374 g/mol. The van der Waals surface area contributed by atoms with Crippen LogP contribution in [0, 0.1) is 0 Å². The summed E-state index contributed by atoms with van der Waals surface area (Å²) in [5.41, 5.74) is 1.22. The Morgan fingerprint density at radius 3 is 2.00 bits per heavy atom. The smallest absolute Gasteiger partial charge is 0.339 e. The maximum atomic E-state index is 12.4. The fourth-order valence-corrected chi connectivity index (χ4v) is 2.78. The summed E-state index contributed by atoms with van der Waals surface area (Å²) in [6.45, 7) is 2.65. The van der Waals surface area contributed by atoms with Gasteiger partial charge in [0.1, 0.15) is 5.75 Å². The second-order valence-corrected chi connectivity index (χ2v) is 6.29. The summed E-state index contributed by atoms with van der Waals surface area (Å²) in [4.78, 5) is 37.4. The number of carbonyl (C=O) groups excluding carboxylic acids is 3. The summed E-state index contributed by atoms with van der Waals surface area (Å²) in [6, 6.07) is 13.7. The van der Waals surface area contributed by atoms with E-state index in [1.165, 1.54) is 14.2 Å². The van der Waals surface area contributed by atoms with E-state index >= 15 is 0 Å². The number of hydrogen-bond donors (Lipinski definition) is 3. The van der Waals surface area contributed by atoms with Crippen LogP contribution in [0.5, 0.6) is 5.75 Å². The Bertz CT molecular complexity index is 869. The van der Waals surface area contributed by atoms with E-state index in [-0.39, 0.29) is 30.5 Å². The van der Waals surface area contributed by atoms with Crippen molar-refractivity contribution in [3.63, 3.8) is 0 Å². The Labute approximate surface area is 169 Å². The van der Waals surface area contributed by atoms with Gasteiger partial charge in [-0.15, -0.1) is 0 Å². The molecule has 2 aromatic carbocycles. The van der Waals surface area contributed by atoms with Crippen LogP contribution in [0.4, 0.5) is 11.4 Å². The summed E-state index contributed by atoms with van der Waals surface area (Å²) < 4.78 is 9.96. The Hall–Kier alpha value is -3.39. The molecule has 0 saturated carbocycles. The SMILES string of the molecule is CC[NH+](CC(=O)Nc1ccccc1OC)CC(=O)Nc1ccccc1C(=O)OC. The van der Waals surface area contributed by atoms with Crippen molar-refractivity contribution in [3.8, 4) is 5.75 Å². The van der Waals surface area contributed by atoms with E-state index in [4.69, 9.17) is 9.47 Å². The molecule has 0 aromatic heterocycles. The number of esters is 1. The number of likely N-dealkylation sites (N-methyl/N-ethyl adjacent to an activating group) is 1. The number of rotatable bonds is 9. The highest BCUT2D eigenvalue weighted by Gasteiger charge is 2.19. The zero-order chi connectivity index (χ0) is 21.2. The van der Waals surface area contributed by atoms with Crippen molar-refractivity contribution in [1.29, 1.82) is 0 Å². The van der Waals surface area contributed by atoms with E-state index < -0.39 is 5.97 Å². The van der Waals surface area contributed by atoms with Crippen LogP contribution in [-0.2, 0) is 14.3 Å². The van der Waals surface area contributed by atoms with Gasteiger partial charge in [0, 0.05) is 0 Å². The van der Waals surface area contributed by atoms with Gasteiger partial charge in [0.15, 0.2) is 13.1 Å².